The SMILES string of the molecule is O=C(NCCc1c[nH]c2cc(F)c(Cl)cc12)C1CC1(F)F. The van der Waals surface area contributed by atoms with Crippen molar-refractivity contribution in [1.29, 1.82) is 0 Å². The predicted molar refractivity (Wildman–Crippen MR) is 73.0 cm³/mol. The monoisotopic (exact) mass is 316 g/mol. The molecule has 1 aliphatic rings. The highest BCUT2D eigenvalue weighted by molar-refractivity contribution is 6.31. The number of carbonyl (C=O) groups excluding carboxylic acids is 1. The summed E-state index contributed by atoms with van der Waals surface area (Å²) in [5.74, 6) is -5.18. The normalized spacial score (nSPS) is 19.7. The van der Waals surface area contributed by atoms with Crippen molar-refractivity contribution >= 4 is 28.4 Å². The van der Waals surface area contributed by atoms with Crippen molar-refractivity contribution in [3.05, 3.63) is 34.7 Å². The summed E-state index contributed by atoms with van der Waals surface area (Å²) in [6, 6.07) is 2.80. The molecule has 1 amide bonds. The van der Waals surface area contributed by atoms with Gasteiger partial charge in [-0.1, -0.05) is 11.6 Å². The third-order valence-electron chi connectivity index (χ3n) is 3.64. The molecule has 1 aromatic heterocycles. The number of hydrogen-bond donors (Lipinski definition) is 2. The number of carbonyl (C=O) groups is 1. The zero-order valence-corrected chi connectivity index (χ0v) is 11.6. The molecule has 0 saturated heterocycles. The molecule has 1 aromatic carbocycles. The van der Waals surface area contributed by atoms with Crippen molar-refractivity contribution < 1.29 is 18.0 Å². The first-order valence-electron chi connectivity index (χ1n) is 6.49. The van der Waals surface area contributed by atoms with E-state index in [9.17, 15) is 18.0 Å². The molecule has 2 N–H and O–H groups in total. The maximum absolute atomic E-state index is 13.3. The van der Waals surface area contributed by atoms with Crippen LogP contribution in [0.2, 0.25) is 5.02 Å². The first-order valence-corrected chi connectivity index (χ1v) is 6.87. The maximum atomic E-state index is 13.3. The molecule has 112 valence electrons. The summed E-state index contributed by atoms with van der Waals surface area (Å²) in [5.41, 5.74) is 1.45. The molecule has 1 saturated carbocycles. The van der Waals surface area contributed by atoms with Gasteiger partial charge in [0.2, 0.25) is 5.91 Å². The molecule has 1 aliphatic carbocycles. The molecular formula is C14H12ClF3N2O. The molecule has 7 heteroatoms. The summed E-state index contributed by atoms with van der Waals surface area (Å²) >= 11 is 5.74. The molecule has 1 heterocycles. The van der Waals surface area contributed by atoms with E-state index < -0.39 is 23.6 Å². The zero-order valence-electron chi connectivity index (χ0n) is 10.9. The molecule has 3 nitrogen and oxygen atoms in total. The second-order valence-electron chi connectivity index (χ2n) is 5.18. The Balaban J connectivity index is 1.63. The average Bonchev–Trinajstić information content (AvgIpc) is 2.89. The zero-order chi connectivity index (χ0) is 15.2. The smallest absolute Gasteiger partial charge is 0.260 e. The number of fused-ring (bicyclic) bond motifs is 1. The number of aromatic amines is 1. The van der Waals surface area contributed by atoms with Gasteiger partial charge in [0, 0.05) is 30.1 Å². The van der Waals surface area contributed by atoms with Gasteiger partial charge in [-0.15, -0.1) is 0 Å². The lowest BCUT2D eigenvalue weighted by Gasteiger charge is -2.04. The Bertz CT molecular complexity index is 714. The lowest BCUT2D eigenvalue weighted by atomic mass is 10.1. The highest BCUT2D eigenvalue weighted by Gasteiger charge is 2.61. The number of halogens is 4. The lowest BCUT2D eigenvalue weighted by molar-refractivity contribution is -0.124. The largest absolute Gasteiger partial charge is 0.361 e. The van der Waals surface area contributed by atoms with Gasteiger partial charge in [0.15, 0.2) is 0 Å². The second kappa shape index (κ2) is 4.94. The first kappa shape index (κ1) is 14.3. The van der Waals surface area contributed by atoms with Crippen LogP contribution in [-0.4, -0.2) is 23.4 Å². The van der Waals surface area contributed by atoms with E-state index in [1.165, 1.54) is 12.1 Å². The van der Waals surface area contributed by atoms with E-state index >= 15 is 0 Å². The van der Waals surface area contributed by atoms with Crippen LogP contribution in [0.3, 0.4) is 0 Å². The second-order valence-corrected chi connectivity index (χ2v) is 5.59. The standard InChI is InChI=1S/C14H12ClF3N2O/c15-10-3-8-7(6-20-12(8)4-11(10)16)1-2-19-13(21)9-5-14(9,17)18/h3-4,6,9,20H,1-2,5H2,(H,19,21). The summed E-state index contributed by atoms with van der Waals surface area (Å²) in [6.07, 6.45) is 1.77. The highest BCUT2D eigenvalue weighted by atomic mass is 35.5. The Morgan fingerprint density at radius 3 is 2.86 bits per heavy atom. The van der Waals surface area contributed by atoms with Gasteiger partial charge in [-0.05, 0) is 24.1 Å². The Hall–Kier alpha value is -1.69. The topological polar surface area (TPSA) is 44.9 Å². The number of amides is 1. The van der Waals surface area contributed by atoms with E-state index in [0.717, 1.165) is 10.9 Å². The maximum Gasteiger partial charge on any atom is 0.260 e. The van der Waals surface area contributed by atoms with E-state index in [0.29, 0.717) is 11.9 Å². The minimum absolute atomic E-state index is 0.0185. The summed E-state index contributed by atoms with van der Waals surface area (Å²) < 4.78 is 38.7. The van der Waals surface area contributed by atoms with Crippen LogP contribution in [-0.2, 0) is 11.2 Å². The van der Waals surface area contributed by atoms with Crippen LogP contribution in [0.5, 0.6) is 0 Å². The van der Waals surface area contributed by atoms with Gasteiger partial charge >= 0.3 is 0 Å². The van der Waals surface area contributed by atoms with E-state index in [1.807, 2.05) is 0 Å². The third kappa shape index (κ3) is 2.72. The van der Waals surface area contributed by atoms with Crippen LogP contribution in [0.25, 0.3) is 10.9 Å². The number of H-pyrrole nitrogens is 1. The van der Waals surface area contributed by atoms with Gasteiger partial charge in [-0.2, -0.15) is 0 Å². The average molecular weight is 317 g/mol. The van der Waals surface area contributed by atoms with Gasteiger partial charge in [-0.3, -0.25) is 4.79 Å². The number of nitrogens with one attached hydrogen (secondary N) is 2. The van der Waals surface area contributed by atoms with Crippen molar-refractivity contribution in [2.24, 2.45) is 5.92 Å². The molecular weight excluding hydrogens is 305 g/mol. The van der Waals surface area contributed by atoms with Crippen LogP contribution in [0.15, 0.2) is 18.3 Å². The molecule has 0 spiro atoms. The third-order valence-corrected chi connectivity index (χ3v) is 3.93. The highest BCUT2D eigenvalue weighted by Crippen LogP contribution is 2.48. The van der Waals surface area contributed by atoms with Crippen LogP contribution in [0.1, 0.15) is 12.0 Å². The van der Waals surface area contributed by atoms with Crippen molar-refractivity contribution in [2.75, 3.05) is 6.54 Å². The number of alkyl halides is 2. The molecule has 2 aromatic rings. The fraction of sp³-hybridized carbons (Fsp3) is 0.357. The molecule has 0 radical (unpaired) electrons. The molecule has 21 heavy (non-hydrogen) atoms. The molecule has 1 atom stereocenters. The fourth-order valence-electron chi connectivity index (χ4n) is 2.32. The predicted octanol–water partition coefficient (Wildman–Crippen LogP) is 3.27. The lowest BCUT2D eigenvalue weighted by Crippen LogP contribution is -2.28. The number of benzene rings is 1. The number of rotatable bonds is 4. The van der Waals surface area contributed by atoms with Gasteiger partial charge in [0.1, 0.15) is 11.7 Å². The molecule has 3 rings (SSSR count). The number of hydrogen-bond acceptors (Lipinski definition) is 1. The summed E-state index contributed by atoms with van der Waals surface area (Å²) in [5, 5.41) is 3.26. The van der Waals surface area contributed by atoms with Gasteiger partial charge in [-0.25, -0.2) is 13.2 Å². The molecule has 0 aliphatic heterocycles. The van der Waals surface area contributed by atoms with Crippen LogP contribution in [0, 0.1) is 11.7 Å². The number of aromatic nitrogens is 1. The van der Waals surface area contributed by atoms with Gasteiger partial charge in [0.25, 0.3) is 5.92 Å². The summed E-state index contributed by atoms with van der Waals surface area (Å²) in [4.78, 5) is 14.4. The van der Waals surface area contributed by atoms with Gasteiger partial charge in [0.05, 0.1) is 5.02 Å². The van der Waals surface area contributed by atoms with Crippen LogP contribution in [0.4, 0.5) is 13.2 Å². The van der Waals surface area contributed by atoms with E-state index in [2.05, 4.69) is 10.3 Å². The Kier molecular flexibility index (Phi) is 3.36. The summed E-state index contributed by atoms with van der Waals surface area (Å²) in [6.45, 7) is 0.243. The van der Waals surface area contributed by atoms with E-state index in [1.54, 1.807) is 6.20 Å². The fourth-order valence-corrected chi connectivity index (χ4v) is 2.49. The Labute approximate surface area is 123 Å². The van der Waals surface area contributed by atoms with Gasteiger partial charge < -0.3 is 10.3 Å². The minimum Gasteiger partial charge on any atom is -0.361 e. The van der Waals surface area contributed by atoms with E-state index in [4.69, 9.17) is 11.6 Å². The van der Waals surface area contributed by atoms with Crippen LogP contribution < -0.4 is 5.32 Å². The van der Waals surface area contributed by atoms with Crippen molar-refractivity contribution in [3.8, 4) is 0 Å². The van der Waals surface area contributed by atoms with Crippen molar-refractivity contribution in [1.82, 2.24) is 10.3 Å². The van der Waals surface area contributed by atoms with E-state index in [-0.39, 0.29) is 18.0 Å². The molecule has 1 fully saturated rings. The van der Waals surface area contributed by atoms with Crippen molar-refractivity contribution in [2.45, 2.75) is 18.8 Å². The minimum atomic E-state index is -2.85. The Morgan fingerprint density at radius 2 is 2.19 bits per heavy atom. The summed E-state index contributed by atoms with van der Waals surface area (Å²) in [7, 11) is 0. The van der Waals surface area contributed by atoms with Crippen LogP contribution >= 0.6 is 11.6 Å². The quantitative estimate of drug-likeness (QED) is 0.893. The molecule has 1 unspecified atom stereocenters. The molecule has 0 bridgehead atoms. The van der Waals surface area contributed by atoms with Crippen molar-refractivity contribution in [3.63, 3.8) is 0 Å². The first-order chi connectivity index (χ1) is 9.88. The Morgan fingerprint density at radius 1 is 1.48 bits per heavy atom.